The third-order valence-corrected chi connectivity index (χ3v) is 2.28. The van der Waals surface area contributed by atoms with Crippen LogP contribution in [0.4, 0.5) is 0 Å². The van der Waals surface area contributed by atoms with E-state index in [2.05, 4.69) is 41.0 Å². The van der Waals surface area contributed by atoms with Gasteiger partial charge in [-0.25, -0.2) is 12.5 Å². The predicted octanol–water partition coefficient (Wildman–Crippen LogP) is 1.15. The third kappa shape index (κ3) is 2.71. The van der Waals surface area contributed by atoms with Crippen LogP contribution in [0.5, 0.6) is 0 Å². The van der Waals surface area contributed by atoms with Crippen LogP contribution in [0.3, 0.4) is 0 Å². The fourth-order valence-electron chi connectivity index (χ4n) is 0.557. The largest absolute Gasteiger partial charge is 0.228 e. The van der Waals surface area contributed by atoms with Crippen LogP contribution in [-0.2, 0) is 0 Å². The van der Waals surface area contributed by atoms with Crippen LogP contribution in [-0.4, -0.2) is 13.8 Å². The molecule has 0 amide bonds. The van der Waals surface area contributed by atoms with Crippen molar-refractivity contribution in [1.82, 2.24) is 0 Å². The second kappa shape index (κ2) is 3.49. The van der Waals surface area contributed by atoms with Gasteiger partial charge in [0.05, 0.1) is 7.85 Å². The highest BCUT2D eigenvalue weighted by atomic mass is 32.1. The first-order chi connectivity index (χ1) is 3.55. The highest BCUT2D eigenvalue weighted by molar-refractivity contribution is 8.10. The minimum absolute atomic E-state index is 0.537. The lowest BCUT2D eigenvalue weighted by molar-refractivity contribution is 0.694. The molecule has 46 valence electrons. The van der Waals surface area contributed by atoms with Crippen molar-refractivity contribution in [1.29, 1.82) is 0 Å². The number of hydrogen-bond donors (Lipinski definition) is 1. The summed E-state index contributed by atoms with van der Waals surface area (Å²) in [5, 5.41) is 0. The molecule has 0 aromatic heterocycles. The SMILES string of the molecule is BC(B(C)S)C(C)C. The molecule has 0 spiro atoms. The van der Waals surface area contributed by atoms with E-state index >= 15 is 0 Å². The predicted molar refractivity (Wildman–Crippen MR) is 47.7 cm³/mol. The molecule has 0 saturated heterocycles. The van der Waals surface area contributed by atoms with E-state index in [4.69, 9.17) is 0 Å². The summed E-state index contributed by atoms with van der Waals surface area (Å²) in [7, 11) is 2.24. The van der Waals surface area contributed by atoms with Crippen LogP contribution in [0.15, 0.2) is 0 Å². The molecule has 0 heterocycles. The Labute approximate surface area is 59.2 Å². The number of rotatable bonds is 2. The second-order valence-corrected chi connectivity index (χ2v) is 3.66. The molecule has 0 aliphatic carbocycles. The lowest BCUT2D eigenvalue weighted by Crippen LogP contribution is -2.15. The van der Waals surface area contributed by atoms with E-state index in [1.165, 1.54) is 0 Å². The number of hydrogen-bond acceptors (Lipinski definition) is 1. The first-order valence-corrected chi connectivity index (χ1v) is 3.75. The molecule has 8 heavy (non-hydrogen) atoms. The monoisotopic (exact) mass is 128 g/mol. The Morgan fingerprint density at radius 1 is 1.50 bits per heavy atom. The van der Waals surface area contributed by atoms with E-state index in [0.717, 1.165) is 11.6 Å². The minimum Gasteiger partial charge on any atom is -0.228 e. The standard InChI is InChI=1S/C5H14B2S/c1-4(2)5(6)7(3)8/h4-5,8H,6H2,1-3H3. The molecule has 0 fully saturated rings. The topological polar surface area (TPSA) is 0 Å². The molecule has 0 aliphatic heterocycles. The van der Waals surface area contributed by atoms with Crippen LogP contribution in [0.25, 0.3) is 0 Å². The molecular formula is C5H14B2S. The Morgan fingerprint density at radius 3 is 1.88 bits per heavy atom. The van der Waals surface area contributed by atoms with Crippen molar-refractivity contribution in [3.63, 3.8) is 0 Å². The van der Waals surface area contributed by atoms with E-state index in [-0.39, 0.29) is 0 Å². The van der Waals surface area contributed by atoms with E-state index in [9.17, 15) is 0 Å². The van der Waals surface area contributed by atoms with Crippen molar-refractivity contribution in [2.45, 2.75) is 26.4 Å². The Hall–Kier alpha value is 0.480. The molecule has 0 saturated carbocycles. The van der Waals surface area contributed by atoms with Gasteiger partial charge >= 0.3 is 0 Å². The molecular weight excluding hydrogens is 114 g/mol. The average molecular weight is 128 g/mol. The molecule has 0 radical (unpaired) electrons. The summed E-state index contributed by atoms with van der Waals surface area (Å²) < 4.78 is 0. The zero-order chi connectivity index (χ0) is 6.73. The van der Waals surface area contributed by atoms with E-state index < -0.39 is 0 Å². The van der Waals surface area contributed by atoms with E-state index in [1.807, 2.05) is 0 Å². The van der Waals surface area contributed by atoms with Crippen molar-refractivity contribution in [2.24, 2.45) is 5.92 Å². The highest BCUT2D eigenvalue weighted by Crippen LogP contribution is 2.18. The van der Waals surface area contributed by atoms with Gasteiger partial charge in [-0.1, -0.05) is 32.3 Å². The smallest absolute Gasteiger partial charge is 0.197 e. The second-order valence-electron chi connectivity index (χ2n) is 2.84. The van der Waals surface area contributed by atoms with Gasteiger partial charge in [-0.2, -0.15) is 0 Å². The Balaban J connectivity index is 3.46. The van der Waals surface area contributed by atoms with Gasteiger partial charge in [0.2, 0.25) is 0 Å². The number of thiol groups is 1. The van der Waals surface area contributed by atoms with Crippen molar-refractivity contribution in [3.8, 4) is 0 Å². The first-order valence-electron chi connectivity index (χ1n) is 3.23. The van der Waals surface area contributed by atoms with E-state index in [0.29, 0.717) is 5.99 Å². The Morgan fingerprint density at radius 2 is 1.88 bits per heavy atom. The van der Waals surface area contributed by atoms with Crippen LogP contribution >= 0.6 is 12.5 Å². The molecule has 0 nitrogen and oxygen atoms in total. The van der Waals surface area contributed by atoms with Gasteiger partial charge in [0, 0.05) is 0 Å². The Kier molecular flexibility index (Phi) is 3.70. The van der Waals surface area contributed by atoms with Crippen LogP contribution in [0.2, 0.25) is 12.5 Å². The summed E-state index contributed by atoms with van der Waals surface area (Å²) in [6.45, 7) is 6.61. The normalized spacial score (nSPS) is 14.1. The van der Waals surface area contributed by atoms with Crippen molar-refractivity contribution < 1.29 is 0 Å². The zero-order valence-electron chi connectivity index (χ0n) is 6.18. The van der Waals surface area contributed by atoms with Crippen LogP contribution in [0.1, 0.15) is 13.8 Å². The molecule has 1 unspecified atom stereocenters. The molecule has 0 rings (SSSR count). The molecule has 0 aromatic carbocycles. The maximum Gasteiger partial charge on any atom is 0.197 e. The fourth-order valence-corrected chi connectivity index (χ4v) is 0.901. The summed E-state index contributed by atoms with van der Waals surface area (Å²) in [6, 6.07) is 0. The van der Waals surface area contributed by atoms with Gasteiger partial charge in [0.1, 0.15) is 0 Å². The van der Waals surface area contributed by atoms with Gasteiger partial charge in [0.25, 0.3) is 0 Å². The van der Waals surface area contributed by atoms with Gasteiger partial charge in [0.15, 0.2) is 5.99 Å². The summed E-state index contributed by atoms with van der Waals surface area (Å²) in [5.41, 5.74) is 0.735. The van der Waals surface area contributed by atoms with Gasteiger partial charge < -0.3 is 0 Å². The summed E-state index contributed by atoms with van der Waals surface area (Å²) in [4.78, 5) is 0. The third-order valence-electron chi connectivity index (χ3n) is 1.81. The van der Waals surface area contributed by atoms with Gasteiger partial charge in [-0.05, 0) is 0 Å². The minimum atomic E-state index is 0.537. The highest BCUT2D eigenvalue weighted by Gasteiger charge is 2.14. The maximum absolute atomic E-state index is 4.33. The summed E-state index contributed by atoms with van der Waals surface area (Å²) in [5.74, 6) is 1.30. The lowest BCUT2D eigenvalue weighted by Gasteiger charge is -2.15. The quantitative estimate of drug-likeness (QED) is 0.418. The molecule has 0 aliphatic rings. The maximum atomic E-state index is 4.33. The van der Waals surface area contributed by atoms with Crippen molar-refractivity contribution in [2.75, 3.05) is 0 Å². The summed E-state index contributed by atoms with van der Waals surface area (Å²) in [6.07, 6.45) is 0. The molecule has 0 N–H and O–H groups in total. The zero-order valence-corrected chi connectivity index (χ0v) is 7.07. The molecule has 1 atom stereocenters. The molecule has 0 aromatic rings. The van der Waals surface area contributed by atoms with Crippen LogP contribution in [0, 0.1) is 5.92 Å². The van der Waals surface area contributed by atoms with Gasteiger partial charge in [-0.15, -0.1) is 0 Å². The van der Waals surface area contributed by atoms with Crippen LogP contribution < -0.4 is 0 Å². The molecule has 3 heteroatoms. The van der Waals surface area contributed by atoms with Crippen molar-refractivity contribution in [3.05, 3.63) is 0 Å². The fraction of sp³-hybridized carbons (Fsp3) is 1.00. The van der Waals surface area contributed by atoms with Crippen molar-refractivity contribution >= 4 is 26.3 Å². The first kappa shape index (κ1) is 8.48. The van der Waals surface area contributed by atoms with Gasteiger partial charge in [-0.3, -0.25) is 0 Å². The molecule has 0 bridgehead atoms. The average Bonchev–Trinajstić information content (AvgIpc) is 1.64. The Bertz CT molecular complexity index is 55.4. The lowest BCUT2D eigenvalue weighted by atomic mass is 9.51. The van der Waals surface area contributed by atoms with E-state index in [1.54, 1.807) is 0 Å². The summed E-state index contributed by atoms with van der Waals surface area (Å²) >= 11 is 4.33.